The number of carbonyl (C=O) groups excluding carboxylic acids is 2. The maximum absolute atomic E-state index is 13.3. The molecule has 37 heavy (non-hydrogen) atoms. The average molecular weight is 511 g/mol. The first-order chi connectivity index (χ1) is 17.3. The number of hydrogen-bond donors (Lipinski definition) is 1. The van der Waals surface area contributed by atoms with Crippen molar-refractivity contribution >= 4 is 23.1 Å². The number of carbonyl (C=O) groups is 2. The highest BCUT2D eigenvalue weighted by Crippen LogP contribution is 2.42. The number of amides is 1. The van der Waals surface area contributed by atoms with Gasteiger partial charge >= 0.3 is 6.36 Å². The second-order valence-corrected chi connectivity index (χ2v) is 9.75. The van der Waals surface area contributed by atoms with Crippen molar-refractivity contribution in [3.05, 3.63) is 94.8 Å². The van der Waals surface area contributed by atoms with E-state index in [0.29, 0.717) is 16.8 Å². The smallest absolute Gasteiger partial charge is 0.507 e. The molecule has 0 radical (unpaired) electrons. The molecule has 0 saturated carbocycles. The molecule has 1 amide bonds. The van der Waals surface area contributed by atoms with Gasteiger partial charge in [0.2, 0.25) is 0 Å². The summed E-state index contributed by atoms with van der Waals surface area (Å²) in [5.41, 5.74) is 2.08. The van der Waals surface area contributed by atoms with E-state index in [0.717, 1.165) is 22.6 Å². The lowest BCUT2D eigenvalue weighted by molar-refractivity contribution is -0.274. The number of aliphatic hydroxyl groups is 1. The monoisotopic (exact) mass is 510 g/mol. The van der Waals surface area contributed by atoms with Gasteiger partial charge in [-0.15, -0.1) is 13.2 Å². The van der Waals surface area contributed by atoms with Gasteiger partial charge in [-0.2, -0.15) is 0 Å². The maximum atomic E-state index is 13.3. The number of ketones is 1. The summed E-state index contributed by atoms with van der Waals surface area (Å²) < 4.78 is 41.7. The van der Waals surface area contributed by atoms with Crippen LogP contribution in [0.1, 0.15) is 49.2 Å². The van der Waals surface area contributed by atoms with E-state index in [9.17, 15) is 27.9 Å². The van der Waals surface area contributed by atoms with E-state index in [2.05, 4.69) is 9.72 Å². The Kier molecular flexibility index (Phi) is 6.58. The molecule has 1 fully saturated rings. The van der Waals surface area contributed by atoms with Gasteiger partial charge in [-0.1, -0.05) is 39.0 Å². The van der Waals surface area contributed by atoms with Crippen LogP contribution in [-0.2, 0) is 15.0 Å². The Morgan fingerprint density at radius 3 is 2.24 bits per heavy atom. The highest BCUT2D eigenvalue weighted by atomic mass is 19.4. The second-order valence-electron chi connectivity index (χ2n) is 9.75. The van der Waals surface area contributed by atoms with Crippen molar-refractivity contribution in [2.45, 2.75) is 45.5 Å². The standard InChI is InChI=1S/C28H25F3N2O4/c1-16-8-9-17(27(2,3)4)15-20(16)24(34)22-23(21-7-5-6-14-32-21)33(26(36)25(22)35)18-10-12-19(13-11-18)37-28(29,30)31/h5-15,23,34H,1-4H3/b24-22+. The lowest BCUT2D eigenvalue weighted by Gasteiger charge is -2.25. The van der Waals surface area contributed by atoms with E-state index >= 15 is 0 Å². The number of hydrogen-bond acceptors (Lipinski definition) is 5. The van der Waals surface area contributed by atoms with Crippen molar-refractivity contribution in [1.82, 2.24) is 4.98 Å². The molecule has 0 bridgehead atoms. The number of Topliss-reactive ketones (excluding diaryl/α,β-unsaturated/α-hetero) is 1. The molecule has 192 valence electrons. The maximum Gasteiger partial charge on any atom is 0.573 e. The predicted octanol–water partition coefficient (Wildman–Crippen LogP) is 6.21. The zero-order valence-electron chi connectivity index (χ0n) is 20.6. The van der Waals surface area contributed by atoms with Gasteiger partial charge in [0.15, 0.2) is 0 Å². The number of ether oxygens (including phenoxy) is 1. The summed E-state index contributed by atoms with van der Waals surface area (Å²) in [5.74, 6) is -2.69. The number of benzene rings is 2. The highest BCUT2D eigenvalue weighted by Gasteiger charge is 2.48. The van der Waals surface area contributed by atoms with Gasteiger partial charge in [-0.05, 0) is 65.9 Å². The zero-order valence-corrected chi connectivity index (χ0v) is 20.6. The van der Waals surface area contributed by atoms with Crippen molar-refractivity contribution < 1.29 is 32.6 Å². The van der Waals surface area contributed by atoms with Gasteiger partial charge in [-0.3, -0.25) is 19.5 Å². The molecule has 1 aliphatic heterocycles. The third kappa shape index (κ3) is 5.21. The molecule has 3 aromatic rings. The fraction of sp³-hybridized carbons (Fsp3) is 0.250. The first-order valence-corrected chi connectivity index (χ1v) is 11.5. The number of nitrogens with zero attached hydrogens (tertiary/aromatic N) is 2. The molecule has 0 aliphatic carbocycles. The lowest BCUT2D eigenvalue weighted by Crippen LogP contribution is -2.29. The number of aromatic nitrogens is 1. The van der Waals surface area contributed by atoms with E-state index < -0.39 is 29.8 Å². The van der Waals surface area contributed by atoms with Gasteiger partial charge in [-0.25, -0.2) is 0 Å². The summed E-state index contributed by atoms with van der Waals surface area (Å²) in [5, 5.41) is 11.5. The molecular formula is C28H25F3N2O4. The number of aryl methyl sites for hydroxylation is 1. The molecule has 9 heteroatoms. The Bertz CT molecular complexity index is 1380. The molecule has 1 aliphatic rings. The van der Waals surface area contributed by atoms with Crippen molar-refractivity contribution in [1.29, 1.82) is 0 Å². The van der Waals surface area contributed by atoms with Crippen molar-refractivity contribution in [2.75, 3.05) is 4.90 Å². The van der Waals surface area contributed by atoms with Gasteiger partial charge in [0, 0.05) is 17.4 Å². The summed E-state index contributed by atoms with van der Waals surface area (Å²) >= 11 is 0. The number of aliphatic hydroxyl groups excluding tert-OH is 1. The lowest BCUT2D eigenvalue weighted by atomic mass is 9.84. The number of alkyl halides is 3. The van der Waals surface area contributed by atoms with Crippen LogP contribution in [0.2, 0.25) is 0 Å². The topological polar surface area (TPSA) is 79.7 Å². The van der Waals surface area contributed by atoms with Crippen molar-refractivity contribution in [3.63, 3.8) is 0 Å². The number of rotatable bonds is 4. The van der Waals surface area contributed by atoms with Crippen LogP contribution in [0.15, 0.2) is 72.4 Å². The van der Waals surface area contributed by atoms with E-state index in [4.69, 9.17) is 0 Å². The van der Waals surface area contributed by atoms with Crippen LogP contribution in [0.4, 0.5) is 18.9 Å². The molecule has 1 atom stereocenters. The molecule has 1 aromatic heterocycles. The molecular weight excluding hydrogens is 485 g/mol. The predicted molar refractivity (Wildman–Crippen MR) is 132 cm³/mol. The number of anilines is 1. The molecule has 1 unspecified atom stereocenters. The molecule has 1 N–H and O–H groups in total. The molecule has 6 nitrogen and oxygen atoms in total. The minimum Gasteiger partial charge on any atom is -0.507 e. The van der Waals surface area contributed by atoms with E-state index in [1.165, 1.54) is 18.3 Å². The summed E-state index contributed by atoms with van der Waals surface area (Å²) in [6, 6.07) is 14.0. The van der Waals surface area contributed by atoms with Gasteiger partial charge in [0.05, 0.1) is 11.3 Å². The van der Waals surface area contributed by atoms with Gasteiger partial charge in [0.25, 0.3) is 11.7 Å². The van der Waals surface area contributed by atoms with Crippen molar-refractivity contribution in [2.24, 2.45) is 0 Å². The van der Waals surface area contributed by atoms with Crippen LogP contribution in [0.25, 0.3) is 5.76 Å². The average Bonchev–Trinajstić information content (AvgIpc) is 3.09. The fourth-order valence-electron chi connectivity index (χ4n) is 4.21. The normalized spacial score (nSPS) is 17.8. The first kappa shape index (κ1) is 25.9. The second kappa shape index (κ2) is 9.38. The van der Waals surface area contributed by atoms with Crippen LogP contribution in [0.3, 0.4) is 0 Å². The SMILES string of the molecule is Cc1ccc(C(C)(C)C)cc1/C(O)=C1\C(=O)C(=O)N(c2ccc(OC(F)(F)F)cc2)C1c1ccccn1. The van der Waals surface area contributed by atoms with Gasteiger partial charge in [0.1, 0.15) is 17.6 Å². The molecule has 2 heterocycles. The van der Waals surface area contributed by atoms with E-state index in [1.807, 2.05) is 32.9 Å². The first-order valence-electron chi connectivity index (χ1n) is 11.5. The number of pyridine rings is 1. The van der Waals surface area contributed by atoms with Crippen LogP contribution >= 0.6 is 0 Å². The summed E-state index contributed by atoms with van der Waals surface area (Å²) in [6.07, 6.45) is -3.39. The Morgan fingerprint density at radius 1 is 1.00 bits per heavy atom. The van der Waals surface area contributed by atoms with E-state index in [1.54, 1.807) is 31.2 Å². The Balaban J connectivity index is 1.88. The van der Waals surface area contributed by atoms with Crippen LogP contribution in [0.5, 0.6) is 5.75 Å². The molecule has 4 rings (SSSR count). The quantitative estimate of drug-likeness (QED) is 0.256. The summed E-state index contributed by atoms with van der Waals surface area (Å²) in [7, 11) is 0. The van der Waals surface area contributed by atoms with Crippen molar-refractivity contribution in [3.8, 4) is 5.75 Å². The molecule has 1 saturated heterocycles. The van der Waals surface area contributed by atoms with Crippen LogP contribution in [0, 0.1) is 6.92 Å². The third-order valence-electron chi connectivity index (χ3n) is 6.12. The molecule has 2 aromatic carbocycles. The minimum absolute atomic E-state index is 0.145. The van der Waals surface area contributed by atoms with E-state index in [-0.39, 0.29) is 22.4 Å². The summed E-state index contributed by atoms with van der Waals surface area (Å²) in [6.45, 7) is 7.83. The third-order valence-corrected chi connectivity index (χ3v) is 6.12. The van der Waals surface area contributed by atoms with Gasteiger partial charge < -0.3 is 9.84 Å². The number of halogens is 3. The Labute approximate surface area is 212 Å². The largest absolute Gasteiger partial charge is 0.573 e. The van der Waals surface area contributed by atoms with Crippen LogP contribution in [-0.4, -0.2) is 28.1 Å². The highest BCUT2D eigenvalue weighted by molar-refractivity contribution is 6.51. The fourth-order valence-corrected chi connectivity index (χ4v) is 4.21. The van der Waals surface area contributed by atoms with Crippen LogP contribution < -0.4 is 9.64 Å². The Hall–Kier alpha value is -4.14. The minimum atomic E-state index is -4.88. The molecule has 0 spiro atoms. The summed E-state index contributed by atoms with van der Waals surface area (Å²) in [4.78, 5) is 32.0. The zero-order chi connectivity index (χ0) is 27.1. The Morgan fingerprint density at radius 2 is 1.68 bits per heavy atom.